The van der Waals surface area contributed by atoms with Gasteiger partial charge in [0.25, 0.3) is 0 Å². The Morgan fingerprint density at radius 3 is 1.83 bits per heavy atom. The molecule has 3 amide bonds. The summed E-state index contributed by atoms with van der Waals surface area (Å²) in [6.45, 7) is 6.41. The van der Waals surface area contributed by atoms with Crippen molar-refractivity contribution in [3.63, 3.8) is 0 Å². The van der Waals surface area contributed by atoms with Gasteiger partial charge in [0.1, 0.15) is 0 Å². The zero-order valence-corrected chi connectivity index (χ0v) is 8.13. The Labute approximate surface area is 73.1 Å². The van der Waals surface area contributed by atoms with Crippen LogP contribution >= 0.6 is 0 Å². The molecular formula is C8H16N2O2. The van der Waals surface area contributed by atoms with Gasteiger partial charge < -0.3 is 4.90 Å². The normalized spacial score (nSPS) is 9.33. The molecule has 0 aromatic carbocycles. The summed E-state index contributed by atoms with van der Waals surface area (Å²) >= 11 is 0. The first-order valence-corrected chi connectivity index (χ1v) is 4.07. The van der Waals surface area contributed by atoms with Crippen molar-refractivity contribution in [3.8, 4) is 0 Å². The minimum atomic E-state index is -0.230. The van der Waals surface area contributed by atoms with Crippen LogP contribution in [-0.2, 0) is 4.79 Å². The minimum Gasteiger partial charge on any atom is -0.325 e. The van der Waals surface area contributed by atoms with E-state index in [1.807, 2.05) is 13.8 Å². The van der Waals surface area contributed by atoms with Crippen LogP contribution in [0.1, 0.15) is 20.8 Å². The lowest BCUT2D eigenvalue weighted by atomic mass is 10.5. The van der Waals surface area contributed by atoms with E-state index in [0.717, 1.165) is 4.90 Å². The summed E-state index contributed by atoms with van der Waals surface area (Å²) in [6.07, 6.45) is 0. The van der Waals surface area contributed by atoms with E-state index in [9.17, 15) is 9.59 Å². The zero-order valence-electron chi connectivity index (χ0n) is 8.13. The molecule has 4 heteroatoms. The third-order valence-corrected chi connectivity index (χ3v) is 1.79. The molecule has 0 atom stereocenters. The van der Waals surface area contributed by atoms with Crippen LogP contribution in [0.5, 0.6) is 0 Å². The van der Waals surface area contributed by atoms with Crippen LogP contribution in [0.3, 0.4) is 0 Å². The van der Waals surface area contributed by atoms with E-state index in [-0.39, 0.29) is 11.9 Å². The molecule has 0 spiro atoms. The SMILES string of the molecule is CCN(CC)C(=O)N(C)C(C)=O. The molecule has 0 fully saturated rings. The second kappa shape index (κ2) is 4.74. The Morgan fingerprint density at radius 2 is 1.58 bits per heavy atom. The number of carbonyl (C=O) groups excluding carboxylic acids is 2. The van der Waals surface area contributed by atoms with Crippen LogP contribution in [0.25, 0.3) is 0 Å². The second-order valence-corrected chi connectivity index (χ2v) is 2.53. The van der Waals surface area contributed by atoms with Crippen molar-refractivity contribution in [2.75, 3.05) is 20.1 Å². The molecule has 0 aliphatic rings. The summed E-state index contributed by atoms with van der Waals surface area (Å²) in [5, 5.41) is 0. The highest BCUT2D eigenvalue weighted by Crippen LogP contribution is 1.96. The van der Waals surface area contributed by atoms with Gasteiger partial charge in [-0.25, -0.2) is 4.79 Å². The van der Waals surface area contributed by atoms with Gasteiger partial charge in [-0.3, -0.25) is 9.69 Å². The highest BCUT2D eigenvalue weighted by Gasteiger charge is 2.17. The molecular weight excluding hydrogens is 156 g/mol. The van der Waals surface area contributed by atoms with Crippen LogP contribution in [0.4, 0.5) is 4.79 Å². The predicted octanol–water partition coefficient (Wildman–Crippen LogP) is 0.927. The molecule has 0 saturated carbocycles. The monoisotopic (exact) mass is 172 g/mol. The average molecular weight is 172 g/mol. The first kappa shape index (κ1) is 10.9. The third kappa shape index (κ3) is 2.53. The van der Waals surface area contributed by atoms with Crippen LogP contribution < -0.4 is 0 Å². The quantitative estimate of drug-likeness (QED) is 0.621. The summed E-state index contributed by atoms with van der Waals surface area (Å²) in [5.74, 6) is -0.230. The lowest BCUT2D eigenvalue weighted by molar-refractivity contribution is -0.125. The van der Waals surface area contributed by atoms with Gasteiger partial charge in [0, 0.05) is 27.1 Å². The molecule has 0 radical (unpaired) electrons. The fraction of sp³-hybridized carbons (Fsp3) is 0.750. The first-order valence-electron chi connectivity index (χ1n) is 4.07. The molecule has 70 valence electrons. The summed E-state index contributed by atoms with van der Waals surface area (Å²) < 4.78 is 0. The fourth-order valence-corrected chi connectivity index (χ4v) is 0.841. The highest BCUT2D eigenvalue weighted by atomic mass is 16.2. The van der Waals surface area contributed by atoms with E-state index in [1.54, 1.807) is 4.90 Å². The van der Waals surface area contributed by atoms with Crippen LogP contribution in [-0.4, -0.2) is 41.9 Å². The van der Waals surface area contributed by atoms with Gasteiger partial charge in [-0.05, 0) is 13.8 Å². The Morgan fingerprint density at radius 1 is 1.17 bits per heavy atom. The molecule has 0 aromatic heterocycles. The number of imide groups is 1. The maximum Gasteiger partial charge on any atom is 0.326 e. The largest absolute Gasteiger partial charge is 0.326 e. The summed E-state index contributed by atoms with van der Waals surface area (Å²) in [7, 11) is 1.49. The Bertz CT molecular complexity index is 176. The van der Waals surface area contributed by atoms with Crippen LogP contribution in [0.2, 0.25) is 0 Å². The van der Waals surface area contributed by atoms with Gasteiger partial charge in [-0.15, -0.1) is 0 Å². The number of hydrogen-bond donors (Lipinski definition) is 0. The Kier molecular flexibility index (Phi) is 4.33. The van der Waals surface area contributed by atoms with Crippen molar-refractivity contribution < 1.29 is 9.59 Å². The molecule has 0 aliphatic heterocycles. The maximum absolute atomic E-state index is 11.4. The molecule has 0 saturated heterocycles. The van der Waals surface area contributed by atoms with E-state index in [0.29, 0.717) is 13.1 Å². The lowest BCUT2D eigenvalue weighted by Gasteiger charge is -2.23. The van der Waals surface area contributed by atoms with Crippen molar-refractivity contribution >= 4 is 11.9 Å². The predicted molar refractivity (Wildman–Crippen MR) is 46.8 cm³/mol. The standard InChI is InChI=1S/C8H16N2O2/c1-5-10(6-2)8(12)9(4)7(3)11/h5-6H2,1-4H3. The zero-order chi connectivity index (χ0) is 9.72. The molecule has 0 aromatic rings. The smallest absolute Gasteiger partial charge is 0.325 e. The lowest BCUT2D eigenvalue weighted by Crippen LogP contribution is -2.42. The van der Waals surface area contributed by atoms with E-state index < -0.39 is 0 Å². The van der Waals surface area contributed by atoms with Gasteiger partial charge in [-0.1, -0.05) is 0 Å². The molecule has 0 unspecified atom stereocenters. The average Bonchev–Trinajstić information content (AvgIpc) is 2.05. The molecule has 12 heavy (non-hydrogen) atoms. The van der Waals surface area contributed by atoms with Gasteiger partial charge >= 0.3 is 6.03 Å². The van der Waals surface area contributed by atoms with E-state index in [1.165, 1.54) is 14.0 Å². The third-order valence-electron chi connectivity index (χ3n) is 1.79. The van der Waals surface area contributed by atoms with Crippen molar-refractivity contribution in [2.24, 2.45) is 0 Å². The number of rotatable bonds is 2. The summed E-state index contributed by atoms with van der Waals surface area (Å²) in [5.41, 5.74) is 0. The van der Waals surface area contributed by atoms with Crippen molar-refractivity contribution in [3.05, 3.63) is 0 Å². The van der Waals surface area contributed by atoms with E-state index in [4.69, 9.17) is 0 Å². The molecule has 0 aliphatic carbocycles. The number of carbonyl (C=O) groups is 2. The highest BCUT2D eigenvalue weighted by molar-refractivity contribution is 5.92. The van der Waals surface area contributed by atoms with Gasteiger partial charge in [0.2, 0.25) is 5.91 Å². The summed E-state index contributed by atoms with van der Waals surface area (Å²) in [4.78, 5) is 24.9. The molecule has 4 nitrogen and oxygen atoms in total. The minimum absolute atomic E-state index is 0.229. The Balaban J connectivity index is 4.25. The van der Waals surface area contributed by atoms with E-state index >= 15 is 0 Å². The van der Waals surface area contributed by atoms with Gasteiger partial charge in [-0.2, -0.15) is 0 Å². The molecule has 0 heterocycles. The van der Waals surface area contributed by atoms with Gasteiger partial charge in [0.15, 0.2) is 0 Å². The Hall–Kier alpha value is -1.06. The first-order chi connectivity index (χ1) is 5.54. The molecule has 0 rings (SSSR count). The van der Waals surface area contributed by atoms with Crippen LogP contribution in [0.15, 0.2) is 0 Å². The molecule has 0 N–H and O–H groups in total. The number of nitrogens with zero attached hydrogens (tertiary/aromatic N) is 2. The summed E-state index contributed by atoms with van der Waals surface area (Å²) in [6, 6.07) is -0.229. The van der Waals surface area contributed by atoms with Gasteiger partial charge in [0.05, 0.1) is 0 Å². The fourth-order valence-electron chi connectivity index (χ4n) is 0.841. The van der Waals surface area contributed by atoms with Crippen LogP contribution in [0, 0.1) is 0 Å². The second-order valence-electron chi connectivity index (χ2n) is 2.53. The number of urea groups is 1. The topological polar surface area (TPSA) is 40.6 Å². The van der Waals surface area contributed by atoms with Crippen molar-refractivity contribution in [1.82, 2.24) is 9.80 Å². The number of amides is 3. The van der Waals surface area contributed by atoms with Crippen molar-refractivity contribution in [1.29, 1.82) is 0 Å². The molecule has 0 bridgehead atoms. The van der Waals surface area contributed by atoms with Crippen molar-refractivity contribution in [2.45, 2.75) is 20.8 Å². The maximum atomic E-state index is 11.4. The van der Waals surface area contributed by atoms with E-state index in [2.05, 4.69) is 0 Å². The number of hydrogen-bond acceptors (Lipinski definition) is 2.